The van der Waals surface area contributed by atoms with Crippen LogP contribution in [0.2, 0.25) is 0 Å². The van der Waals surface area contributed by atoms with Gasteiger partial charge in [0.05, 0.1) is 0 Å². The Hall–Kier alpha value is -1.56. The molecule has 0 bridgehead atoms. The molecule has 0 saturated heterocycles. The van der Waals surface area contributed by atoms with Gasteiger partial charge in [0, 0.05) is 0 Å². The second kappa shape index (κ2) is 6.01. The van der Waals surface area contributed by atoms with Crippen LogP contribution in [0.3, 0.4) is 0 Å². The van der Waals surface area contributed by atoms with Crippen molar-refractivity contribution in [2.45, 2.75) is 6.92 Å². The summed E-state index contributed by atoms with van der Waals surface area (Å²) >= 11 is 0. The van der Waals surface area contributed by atoms with Gasteiger partial charge in [0.2, 0.25) is 0 Å². The first-order valence-corrected chi connectivity index (χ1v) is 4.12. The average molecular weight is 172 g/mol. The summed E-state index contributed by atoms with van der Waals surface area (Å²) in [4.78, 5) is 0. The van der Waals surface area contributed by atoms with Crippen LogP contribution >= 0.6 is 0 Å². The van der Waals surface area contributed by atoms with Gasteiger partial charge < -0.3 is 0 Å². The summed E-state index contributed by atoms with van der Waals surface area (Å²) in [6.07, 6.45) is 9.02. The first-order chi connectivity index (χ1) is 6.21. The van der Waals surface area contributed by atoms with Gasteiger partial charge >= 0.3 is 0 Å². The highest BCUT2D eigenvalue weighted by Gasteiger charge is 1.98. The van der Waals surface area contributed by atoms with Gasteiger partial charge in [-0.25, -0.2) is 0 Å². The molecule has 13 heavy (non-hydrogen) atoms. The monoisotopic (exact) mass is 172 g/mol. The Morgan fingerprint density at radius 3 is 1.77 bits per heavy atom. The van der Waals surface area contributed by atoms with E-state index in [1.807, 2.05) is 13.0 Å². The molecule has 0 N–H and O–H groups in total. The maximum Gasteiger partial charge on any atom is -0.0161 e. The SMILES string of the molecule is C=C/C=C(/C)C(C=C)=C(C=C)C=C. The van der Waals surface area contributed by atoms with Gasteiger partial charge in [-0.05, 0) is 23.6 Å². The van der Waals surface area contributed by atoms with Crippen LogP contribution < -0.4 is 0 Å². The Morgan fingerprint density at radius 1 is 0.923 bits per heavy atom. The van der Waals surface area contributed by atoms with Crippen molar-refractivity contribution >= 4 is 0 Å². The lowest BCUT2D eigenvalue weighted by Gasteiger charge is -2.04. The summed E-state index contributed by atoms with van der Waals surface area (Å²) in [6, 6.07) is 0. The van der Waals surface area contributed by atoms with E-state index in [1.165, 1.54) is 0 Å². The molecular formula is C13H16. The van der Waals surface area contributed by atoms with E-state index in [4.69, 9.17) is 0 Å². The highest BCUT2D eigenvalue weighted by molar-refractivity contribution is 5.49. The zero-order valence-electron chi connectivity index (χ0n) is 8.22. The molecule has 0 aliphatic carbocycles. The summed E-state index contributed by atoms with van der Waals surface area (Å²) in [6.45, 7) is 16.8. The van der Waals surface area contributed by atoms with Crippen LogP contribution in [-0.4, -0.2) is 0 Å². The summed E-state index contributed by atoms with van der Waals surface area (Å²) in [7, 11) is 0. The first-order valence-electron chi connectivity index (χ1n) is 4.12. The molecule has 0 aromatic carbocycles. The zero-order valence-corrected chi connectivity index (χ0v) is 8.22. The number of hydrogen-bond donors (Lipinski definition) is 0. The zero-order chi connectivity index (χ0) is 10.3. The van der Waals surface area contributed by atoms with E-state index in [0.29, 0.717) is 0 Å². The van der Waals surface area contributed by atoms with Crippen LogP contribution in [0.25, 0.3) is 0 Å². The van der Waals surface area contributed by atoms with Gasteiger partial charge in [-0.15, -0.1) is 0 Å². The minimum Gasteiger partial charge on any atom is -0.0991 e. The number of allylic oxidation sites excluding steroid dienone is 8. The minimum absolute atomic E-state index is 0.991. The molecule has 0 saturated carbocycles. The highest BCUT2D eigenvalue weighted by Crippen LogP contribution is 2.17. The molecule has 0 atom stereocenters. The summed E-state index contributed by atoms with van der Waals surface area (Å²) < 4.78 is 0. The fourth-order valence-corrected chi connectivity index (χ4v) is 1.08. The fraction of sp³-hybridized carbons (Fsp3) is 0.0769. The van der Waals surface area contributed by atoms with E-state index >= 15 is 0 Å². The van der Waals surface area contributed by atoms with E-state index in [1.54, 1.807) is 24.3 Å². The lowest BCUT2D eigenvalue weighted by atomic mass is 10.0. The van der Waals surface area contributed by atoms with Crippen LogP contribution in [0.1, 0.15) is 6.92 Å². The van der Waals surface area contributed by atoms with Crippen molar-refractivity contribution in [3.8, 4) is 0 Å². The topological polar surface area (TPSA) is 0 Å². The molecule has 0 radical (unpaired) electrons. The summed E-state index contributed by atoms with van der Waals surface area (Å²) in [5.74, 6) is 0. The van der Waals surface area contributed by atoms with Gasteiger partial charge in [-0.1, -0.05) is 56.7 Å². The molecule has 0 unspecified atom stereocenters. The van der Waals surface area contributed by atoms with Crippen molar-refractivity contribution < 1.29 is 0 Å². The molecular weight excluding hydrogens is 156 g/mol. The van der Waals surface area contributed by atoms with Crippen molar-refractivity contribution in [2.24, 2.45) is 0 Å². The third kappa shape index (κ3) is 3.12. The Bertz CT molecular complexity index is 275. The summed E-state index contributed by atoms with van der Waals surface area (Å²) in [5, 5.41) is 0. The molecule has 0 aliphatic rings. The first kappa shape index (κ1) is 11.4. The fourth-order valence-electron chi connectivity index (χ4n) is 1.08. The highest BCUT2D eigenvalue weighted by atomic mass is 14.0. The van der Waals surface area contributed by atoms with E-state index < -0.39 is 0 Å². The second-order valence-corrected chi connectivity index (χ2v) is 2.57. The third-order valence-electron chi connectivity index (χ3n) is 1.75. The standard InChI is InChI=1S/C13H16/c1-6-10-11(5)13(9-4)12(7-2)8-3/h6-10H,1-4H2,5H3/b11-10-. The van der Waals surface area contributed by atoms with E-state index in [9.17, 15) is 0 Å². The molecule has 0 spiro atoms. The molecule has 0 aromatic heterocycles. The molecule has 0 amide bonds. The predicted molar refractivity (Wildman–Crippen MR) is 61.6 cm³/mol. The number of rotatable bonds is 5. The summed E-state index contributed by atoms with van der Waals surface area (Å²) in [5.41, 5.74) is 3.15. The van der Waals surface area contributed by atoms with Crippen LogP contribution in [0.5, 0.6) is 0 Å². The second-order valence-electron chi connectivity index (χ2n) is 2.57. The van der Waals surface area contributed by atoms with Gasteiger partial charge in [0.1, 0.15) is 0 Å². The Morgan fingerprint density at radius 2 is 1.46 bits per heavy atom. The van der Waals surface area contributed by atoms with Gasteiger partial charge in [0.25, 0.3) is 0 Å². The largest absolute Gasteiger partial charge is 0.0991 e. The smallest absolute Gasteiger partial charge is 0.0161 e. The molecule has 0 heterocycles. The van der Waals surface area contributed by atoms with Gasteiger partial charge in [-0.3, -0.25) is 0 Å². The van der Waals surface area contributed by atoms with Crippen LogP contribution in [0.15, 0.2) is 73.4 Å². The molecule has 0 fully saturated rings. The van der Waals surface area contributed by atoms with Gasteiger partial charge in [0.15, 0.2) is 0 Å². The van der Waals surface area contributed by atoms with Crippen LogP contribution in [-0.2, 0) is 0 Å². The van der Waals surface area contributed by atoms with Crippen molar-refractivity contribution in [2.75, 3.05) is 0 Å². The van der Waals surface area contributed by atoms with Crippen molar-refractivity contribution in [1.29, 1.82) is 0 Å². The van der Waals surface area contributed by atoms with Crippen LogP contribution in [0.4, 0.5) is 0 Å². The van der Waals surface area contributed by atoms with E-state index in [2.05, 4.69) is 26.3 Å². The van der Waals surface area contributed by atoms with Crippen molar-refractivity contribution in [3.63, 3.8) is 0 Å². The molecule has 68 valence electrons. The van der Waals surface area contributed by atoms with E-state index in [-0.39, 0.29) is 0 Å². The lowest BCUT2D eigenvalue weighted by molar-refractivity contribution is 1.40. The third-order valence-corrected chi connectivity index (χ3v) is 1.75. The Labute approximate surface area is 81.0 Å². The lowest BCUT2D eigenvalue weighted by Crippen LogP contribution is -1.85. The quantitative estimate of drug-likeness (QED) is 0.550. The normalized spacial score (nSPS) is 10.1. The number of hydrogen-bond acceptors (Lipinski definition) is 0. The van der Waals surface area contributed by atoms with Crippen molar-refractivity contribution in [3.05, 3.63) is 73.4 Å². The molecule has 0 rings (SSSR count). The van der Waals surface area contributed by atoms with Crippen molar-refractivity contribution in [1.82, 2.24) is 0 Å². The van der Waals surface area contributed by atoms with Crippen LogP contribution in [0, 0.1) is 0 Å². The maximum absolute atomic E-state index is 3.75. The van der Waals surface area contributed by atoms with Gasteiger partial charge in [-0.2, -0.15) is 0 Å². The molecule has 0 aromatic rings. The molecule has 0 nitrogen and oxygen atoms in total. The average Bonchev–Trinajstić information content (AvgIpc) is 2.14. The van der Waals surface area contributed by atoms with E-state index in [0.717, 1.165) is 16.7 Å². The molecule has 0 aliphatic heterocycles. The Kier molecular flexibility index (Phi) is 5.29. The predicted octanol–water partition coefficient (Wildman–Crippen LogP) is 3.97. The Balaban J connectivity index is 5.30. The maximum atomic E-state index is 3.75. The minimum atomic E-state index is 0.991. The molecule has 0 heteroatoms.